The van der Waals surface area contributed by atoms with E-state index in [1.165, 1.54) is 11.3 Å². The summed E-state index contributed by atoms with van der Waals surface area (Å²) in [5.74, 6) is -0.649. The standard InChI is InChI=1S/C23H30N2O5S2/c1-5-30-23(27)21-18-8-6-7-9-19(18)31-22(21)24-20(26)14-25(32(4,28)29)17-12-10-16(11-13-17)15(2)3/h10-13,15H,5-9,14H2,1-4H3,(H,24,26). The molecule has 2 aromatic rings. The molecule has 0 unspecified atom stereocenters. The maximum atomic E-state index is 12.9. The number of carbonyl (C=O) groups excluding carboxylic acids is 2. The maximum absolute atomic E-state index is 12.9. The quantitative estimate of drug-likeness (QED) is 0.570. The Labute approximate surface area is 193 Å². The van der Waals surface area contributed by atoms with Crippen molar-refractivity contribution in [2.45, 2.75) is 52.4 Å². The van der Waals surface area contributed by atoms with E-state index < -0.39 is 21.9 Å². The summed E-state index contributed by atoms with van der Waals surface area (Å²) in [5, 5.41) is 3.22. The van der Waals surface area contributed by atoms with Crippen LogP contribution in [0.1, 0.15) is 65.9 Å². The van der Waals surface area contributed by atoms with Crippen molar-refractivity contribution in [3.05, 3.63) is 45.8 Å². The monoisotopic (exact) mass is 478 g/mol. The molecule has 0 aliphatic heterocycles. The predicted octanol–water partition coefficient (Wildman–Crippen LogP) is 4.33. The third kappa shape index (κ3) is 5.50. The fraction of sp³-hybridized carbons (Fsp3) is 0.478. The Morgan fingerprint density at radius 3 is 2.41 bits per heavy atom. The highest BCUT2D eigenvalue weighted by Crippen LogP contribution is 2.38. The Morgan fingerprint density at radius 1 is 1.16 bits per heavy atom. The number of nitrogens with one attached hydrogen (secondary N) is 1. The van der Waals surface area contributed by atoms with E-state index in [0.29, 0.717) is 22.2 Å². The number of amides is 1. The minimum atomic E-state index is -3.69. The first-order chi connectivity index (χ1) is 15.1. The zero-order valence-corrected chi connectivity index (χ0v) is 20.6. The van der Waals surface area contributed by atoms with Gasteiger partial charge in [-0.1, -0.05) is 26.0 Å². The lowest BCUT2D eigenvalue weighted by molar-refractivity contribution is -0.114. The molecule has 0 saturated heterocycles. The second-order valence-electron chi connectivity index (χ2n) is 8.20. The summed E-state index contributed by atoms with van der Waals surface area (Å²) in [7, 11) is -3.69. The highest BCUT2D eigenvalue weighted by atomic mass is 32.2. The van der Waals surface area contributed by atoms with Gasteiger partial charge in [0.25, 0.3) is 0 Å². The number of esters is 1. The minimum Gasteiger partial charge on any atom is -0.462 e. The number of fused-ring (bicyclic) bond motifs is 1. The lowest BCUT2D eigenvalue weighted by atomic mass is 9.95. The Kier molecular flexibility index (Phi) is 7.61. The third-order valence-electron chi connectivity index (χ3n) is 5.44. The molecule has 174 valence electrons. The van der Waals surface area contributed by atoms with E-state index in [2.05, 4.69) is 19.2 Å². The fourth-order valence-electron chi connectivity index (χ4n) is 3.80. The molecule has 1 aliphatic rings. The van der Waals surface area contributed by atoms with E-state index >= 15 is 0 Å². The number of sulfonamides is 1. The molecule has 3 rings (SSSR count). The van der Waals surface area contributed by atoms with Gasteiger partial charge in [0.15, 0.2) is 0 Å². The van der Waals surface area contributed by atoms with Gasteiger partial charge in [0.2, 0.25) is 15.9 Å². The molecule has 0 atom stereocenters. The Hall–Kier alpha value is -2.39. The summed E-state index contributed by atoms with van der Waals surface area (Å²) in [6.45, 7) is 5.70. The van der Waals surface area contributed by atoms with Crippen LogP contribution in [0.2, 0.25) is 0 Å². The van der Waals surface area contributed by atoms with Crippen molar-refractivity contribution in [1.82, 2.24) is 0 Å². The van der Waals surface area contributed by atoms with Gasteiger partial charge < -0.3 is 10.1 Å². The summed E-state index contributed by atoms with van der Waals surface area (Å²) in [6, 6.07) is 7.14. The van der Waals surface area contributed by atoms with Crippen molar-refractivity contribution in [2.24, 2.45) is 0 Å². The highest BCUT2D eigenvalue weighted by molar-refractivity contribution is 7.92. The zero-order chi connectivity index (χ0) is 23.5. The molecule has 9 heteroatoms. The van der Waals surface area contributed by atoms with E-state index in [0.717, 1.165) is 52.2 Å². The number of thiophene rings is 1. The van der Waals surface area contributed by atoms with Gasteiger partial charge in [-0.15, -0.1) is 11.3 Å². The first-order valence-electron chi connectivity index (χ1n) is 10.8. The molecule has 1 aromatic carbocycles. The highest BCUT2D eigenvalue weighted by Gasteiger charge is 2.28. The summed E-state index contributed by atoms with van der Waals surface area (Å²) in [4.78, 5) is 26.6. The van der Waals surface area contributed by atoms with Gasteiger partial charge in [-0.25, -0.2) is 13.2 Å². The number of hydrogen-bond donors (Lipinski definition) is 1. The number of carbonyl (C=O) groups is 2. The van der Waals surface area contributed by atoms with Crippen LogP contribution in [-0.4, -0.2) is 39.7 Å². The number of aryl methyl sites for hydroxylation is 1. The SMILES string of the molecule is CCOC(=O)c1c(NC(=O)CN(c2ccc(C(C)C)cc2)S(C)(=O)=O)sc2c1CCCC2. The van der Waals surface area contributed by atoms with Gasteiger partial charge in [0.1, 0.15) is 11.5 Å². The predicted molar refractivity (Wildman–Crippen MR) is 128 cm³/mol. The molecule has 32 heavy (non-hydrogen) atoms. The van der Waals surface area contributed by atoms with Crippen LogP contribution in [0.5, 0.6) is 0 Å². The smallest absolute Gasteiger partial charge is 0.341 e. The van der Waals surface area contributed by atoms with Gasteiger partial charge in [-0.3, -0.25) is 9.10 Å². The summed E-state index contributed by atoms with van der Waals surface area (Å²) in [5.41, 5.74) is 2.85. The lowest BCUT2D eigenvalue weighted by Gasteiger charge is -2.22. The second-order valence-corrected chi connectivity index (χ2v) is 11.2. The molecule has 7 nitrogen and oxygen atoms in total. The van der Waals surface area contributed by atoms with Crippen molar-refractivity contribution < 1.29 is 22.7 Å². The zero-order valence-electron chi connectivity index (χ0n) is 18.9. The van der Waals surface area contributed by atoms with Gasteiger partial charge >= 0.3 is 5.97 Å². The largest absolute Gasteiger partial charge is 0.462 e. The van der Waals surface area contributed by atoms with Crippen LogP contribution in [0.4, 0.5) is 10.7 Å². The fourth-order valence-corrected chi connectivity index (χ4v) is 5.95. The molecule has 1 amide bonds. The van der Waals surface area contributed by atoms with Crippen LogP contribution in [0.3, 0.4) is 0 Å². The Bertz CT molecular complexity index is 1090. The summed E-state index contributed by atoms with van der Waals surface area (Å²) in [6.07, 6.45) is 4.73. The number of ether oxygens (including phenoxy) is 1. The van der Waals surface area contributed by atoms with Crippen LogP contribution in [0.15, 0.2) is 24.3 Å². The second kappa shape index (κ2) is 10.0. The van der Waals surface area contributed by atoms with Crippen LogP contribution in [0.25, 0.3) is 0 Å². The maximum Gasteiger partial charge on any atom is 0.341 e. The molecule has 0 spiro atoms. The van der Waals surface area contributed by atoms with Crippen LogP contribution < -0.4 is 9.62 Å². The van der Waals surface area contributed by atoms with Crippen molar-refractivity contribution >= 4 is 43.9 Å². The average molecular weight is 479 g/mol. The van der Waals surface area contributed by atoms with Gasteiger partial charge in [-0.05, 0) is 61.8 Å². The first kappa shape index (κ1) is 24.3. The van der Waals surface area contributed by atoms with Crippen molar-refractivity contribution in [3.63, 3.8) is 0 Å². The van der Waals surface area contributed by atoms with E-state index in [1.54, 1.807) is 19.1 Å². The topological polar surface area (TPSA) is 92.8 Å². The normalized spacial score (nSPS) is 13.5. The van der Waals surface area contributed by atoms with Gasteiger partial charge in [-0.2, -0.15) is 0 Å². The van der Waals surface area contributed by atoms with Crippen LogP contribution >= 0.6 is 11.3 Å². The molecule has 1 aliphatic carbocycles. The van der Waals surface area contributed by atoms with E-state index in [-0.39, 0.29) is 13.2 Å². The molecule has 1 heterocycles. The molecular weight excluding hydrogens is 448 g/mol. The van der Waals surface area contributed by atoms with E-state index in [1.807, 2.05) is 12.1 Å². The van der Waals surface area contributed by atoms with Gasteiger partial charge in [0, 0.05) is 4.88 Å². The minimum absolute atomic E-state index is 0.241. The molecule has 1 N–H and O–H groups in total. The van der Waals surface area contributed by atoms with Gasteiger partial charge in [0.05, 0.1) is 24.1 Å². The number of nitrogens with zero attached hydrogens (tertiary/aromatic N) is 1. The van der Waals surface area contributed by atoms with Crippen LogP contribution in [0, 0.1) is 0 Å². The van der Waals surface area contributed by atoms with E-state index in [9.17, 15) is 18.0 Å². The Morgan fingerprint density at radius 2 is 1.81 bits per heavy atom. The first-order valence-corrected chi connectivity index (χ1v) is 13.5. The molecule has 0 fully saturated rings. The average Bonchev–Trinajstić information content (AvgIpc) is 3.09. The summed E-state index contributed by atoms with van der Waals surface area (Å²) >= 11 is 1.38. The third-order valence-corrected chi connectivity index (χ3v) is 7.79. The van der Waals surface area contributed by atoms with E-state index in [4.69, 9.17) is 4.74 Å². The molecule has 1 aromatic heterocycles. The van der Waals surface area contributed by atoms with Crippen LogP contribution in [-0.2, 0) is 32.4 Å². The molecule has 0 radical (unpaired) electrons. The number of anilines is 2. The van der Waals surface area contributed by atoms with Crippen molar-refractivity contribution in [3.8, 4) is 0 Å². The van der Waals surface area contributed by atoms with Crippen molar-refractivity contribution in [1.29, 1.82) is 0 Å². The molecule has 0 saturated carbocycles. The van der Waals surface area contributed by atoms with Crippen molar-refractivity contribution in [2.75, 3.05) is 29.0 Å². The number of rotatable bonds is 8. The Balaban J connectivity index is 1.85. The number of hydrogen-bond acceptors (Lipinski definition) is 6. The number of benzene rings is 1. The molecule has 0 bridgehead atoms. The summed E-state index contributed by atoms with van der Waals surface area (Å²) < 4.78 is 31.2. The molecular formula is C23H30N2O5S2. The lowest BCUT2D eigenvalue weighted by Crippen LogP contribution is -2.37.